The van der Waals surface area contributed by atoms with Gasteiger partial charge in [0.2, 0.25) is 0 Å². The number of halogens is 1. The van der Waals surface area contributed by atoms with Crippen LogP contribution in [0.3, 0.4) is 0 Å². The van der Waals surface area contributed by atoms with Gasteiger partial charge in [-0.05, 0) is 61.9 Å². The summed E-state index contributed by atoms with van der Waals surface area (Å²) in [4.78, 5) is 0.0493. The predicted molar refractivity (Wildman–Crippen MR) is 122 cm³/mol. The largest absolute Gasteiger partial charge is 0.399 e. The molecule has 32 heavy (non-hydrogen) atoms. The second kappa shape index (κ2) is 8.54. The van der Waals surface area contributed by atoms with Crippen LogP contribution in [0.25, 0.3) is 11.1 Å². The Kier molecular flexibility index (Phi) is 5.94. The molecule has 0 amide bonds. The molecule has 1 atom stereocenters. The number of rotatable bonds is 6. The molecule has 1 unspecified atom stereocenters. The van der Waals surface area contributed by atoms with Crippen LogP contribution in [0.15, 0.2) is 77.7 Å². The molecule has 6 nitrogen and oxygen atoms in total. The monoisotopic (exact) mass is 456 g/mol. The van der Waals surface area contributed by atoms with Gasteiger partial charge in [-0.15, -0.1) is 0 Å². The summed E-state index contributed by atoms with van der Waals surface area (Å²) in [6.07, 6.45) is -0.452. The Bertz CT molecular complexity index is 1210. The van der Waals surface area contributed by atoms with Crippen LogP contribution in [-0.2, 0) is 19.5 Å². The predicted octanol–water partition coefficient (Wildman–Crippen LogP) is 4.42. The summed E-state index contributed by atoms with van der Waals surface area (Å²) in [5.74, 6) is -1.21. The molecule has 2 N–H and O–H groups in total. The van der Waals surface area contributed by atoms with Crippen LogP contribution in [0.5, 0.6) is 0 Å². The number of nitrogens with zero attached hydrogens (tertiary/aromatic N) is 1. The van der Waals surface area contributed by atoms with Crippen LogP contribution in [0.2, 0.25) is 0 Å². The molecule has 0 saturated carbocycles. The highest BCUT2D eigenvalue weighted by Gasteiger charge is 2.36. The van der Waals surface area contributed by atoms with Crippen molar-refractivity contribution < 1.29 is 22.3 Å². The third-order valence-electron chi connectivity index (χ3n) is 5.22. The standard InChI is InChI=1S/C24H25FN2O4S/c1-24(2)30-16-20(31-24)15-27(19-12-10-18(26)11-13-19)32(28,29)21-7-5-6-17(14-21)22-8-3-4-9-23(22)25/h3-14,20H,15-16,26H2,1-2H3. The number of nitrogen functional groups attached to an aromatic ring is 1. The molecule has 1 saturated heterocycles. The lowest BCUT2D eigenvalue weighted by Gasteiger charge is -2.27. The molecule has 1 aliphatic rings. The molecular weight excluding hydrogens is 431 g/mol. The summed E-state index contributed by atoms with van der Waals surface area (Å²) in [5.41, 5.74) is 7.57. The highest BCUT2D eigenvalue weighted by atomic mass is 32.2. The molecular formula is C24H25FN2O4S. The second-order valence-electron chi connectivity index (χ2n) is 8.09. The molecule has 0 aliphatic carbocycles. The van der Waals surface area contributed by atoms with E-state index in [0.717, 1.165) is 0 Å². The van der Waals surface area contributed by atoms with Crippen LogP contribution in [0.1, 0.15) is 13.8 Å². The van der Waals surface area contributed by atoms with Crippen molar-refractivity contribution in [3.63, 3.8) is 0 Å². The van der Waals surface area contributed by atoms with Crippen LogP contribution < -0.4 is 10.0 Å². The van der Waals surface area contributed by atoms with Crippen LogP contribution >= 0.6 is 0 Å². The van der Waals surface area contributed by atoms with Gasteiger partial charge in [-0.3, -0.25) is 4.31 Å². The van der Waals surface area contributed by atoms with E-state index in [-0.39, 0.29) is 18.0 Å². The van der Waals surface area contributed by atoms with Crippen molar-refractivity contribution in [2.75, 3.05) is 23.2 Å². The first kappa shape index (κ1) is 22.3. The maximum Gasteiger partial charge on any atom is 0.264 e. The number of ether oxygens (including phenoxy) is 2. The van der Waals surface area contributed by atoms with E-state index in [2.05, 4.69) is 0 Å². The zero-order valence-electron chi connectivity index (χ0n) is 17.9. The lowest BCUT2D eigenvalue weighted by Crippen LogP contribution is -2.39. The molecule has 3 aromatic carbocycles. The van der Waals surface area contributed by atoms with Gasteiger partial charge in [-0.1, -0.05) is 30.3 Å². The molecule has 0 radical (unpaired) electrons. The van der Waals surface area contributed by atoms with E-state index in [1.54, 1.807) is 68.4 Å². The summed E-state index contributed by atoms with van der Waals surface area (Å²) in [6.45, 7) is 3.89. The van der Waals surface area contributed by atoms with Crippen molar-refractivity contribution in [3.05, 3.63) is 78.6 Å². The van der Waals surface area contributed by atoms with Crippen molar-refractivity contribution in [2.24, 2.45) is 0 Å². The summed E-state index contributed by atoms with van der Waals surface area (Å²) in [6, 6.07) is 19.1. The number of sulfonamides is 1. The SMILES string of the molecule is CC1(C)OCC(CN(c2ccc(N)cc2)S(=O)(=O)c2cccc(-c3ccccc3F)c2)O1. The first-order chi connectivity index (χ1) is 15.2. The molecule has 1 heterocycles. The van der Waals surface area contributed by atoms with Crippen molar-refractivity contribution in [3.8, 4) is 11.1 Å². The maximum absolute atomic E-state index is 14.3. The van der Waals surface area contributed by atoms with Gasteiger partial charge in [0.25, 0.3) is 10.0 Å². The van der Waals surface area contributed by atoms with Crippen LogP contribution in [0.4, 0.5) is 15.8 Å². The number of nitrogens with two attached hydrogens (primary N) is 1. The summed E-state index contributed by atoms with van der Waals surface area (Å²) < 4.78 is 54.5. The molecule has 3 aromatic rings. The van der Waals surface area contributed by atoms with Crippen LogP contribution in [-0.4, -0.2) is 33.5 Å². The van der Waals surface area contributed by atoms with Crippen molar-refractivity contribution in [1.29, 1.82) is 0 Å². The van der Waals surface area contributed by atoms with Crippen molar-refractivity contribution >= 4 is 21.4 Å². The first-order valence-electron chi connectivity index (χ1n) is 10.2. The average molecular weight is 457 g/mol. The lowest BCUT2D eigenvalue weighted by atomic mass is 10.1. The Balaban J connectivity index is 1.74. The Morgan fingerprint density at radius 2 is 1.78 bits per heavy atom. The molecule has 4 rings (SSSR count). The third-order valence-corrected chi connectivity index (χ3v) is 7.01. The van der Waals surface area contributed by atoms with Gasteiger partial charge in [0.05, 0.1) is 23.7 Å². The van der Waals surface area contributed by atoms with E-state index < -0.39 is 27.7 Å². The lowest BCUT2D eigenvalue weighted by molar-refractivity contribution is -0.136. The highest BCUT2D eigenvalue weighted by Crippen LogP contribution is 2.31. The van der Waals surface area contributed by atoms with E-state index in [0.29, 0.717) is 22.5 Å². The quantitative estimate of drug-likeness (QED) is 0.555. The third kappa shape index (κ3) is 4.62. The number of hydrogen-bond acceptors (Lipinski definition) is 5. The smallest absolute Gasteiger partial charge is 0.264 e. The van der Waals surface area contributed by atoms with Gasteiger partial charge >= 0.3 is 0 Å². The Hall–Kier alpha value is -2.94. The molecule has 168 valence electrons. The Labute approximate surface area is 187 Å². The minimum Gasteiger partial charge on any atom is -0.399 e. The molecule has 8 heteroatoms. The van der Waals surface area contributed by atoms with E-state index >= 15 is 0 Å². The molecule has 1 fully saturated rings. The van der Waals surface area contributed by atoms with Gasteiger partial charge < -0.3 is 15.2 Å². The fourth-order valence-corrected chi connectivity index (χ4v) is 5.21. The topological polar surface area (TPSA) is 81.9 Å². The maximum atomic E-state index is 14.3. The molecule has 1 aliphatic heterocycles. The fourth-order valence-electron chi connectivity index (χ4n) is 3.67. The van der Waals surface area contributed by atoms with Crippen molar-refractivity contribution in [2.45, 2.75) is 30.6 Å². The number of benzene rings is 3. The van der Waals surface area contributed by atoms with E-state index in [4.69, 9.17) is 15.2 Å². The van der Waals surface area contributed by atoms with E-state index in [1.807, 2.05) is 0 Å². The van der Waals surface area contributed by atoms with Gasteiger partial charge in [-0.2, -0.15) is 0 Å². The zero-order chi connectivity index (χ0) is 22.9. The van der Waals surface area contributed by atoms with E-state index in [1.165, 1.54) is 22.5 Å². The van der Waals surface area contributed by atoms with E-state index in [9.17, 15) is 12.8 Å². The zero-order valence-corrected chi connectivity index (χ0v) is 18.7. The average Bonchev–Trinajstić information content (AvgIpc) is 3.11. The van der Waals surface area contributed by atoms with Gasteiger partial charge in [0.1, 0.15) is 11.9 Å². The van der Waals surface area contributed by atoms with Gasteiger partial charge in [0.15, 0.2) is 5.79 Å². The van der Waals surface area contributed by atoms with Crippen LogP contribution in [0, 0.1) is 5.82 Å². The number of anilines is 2. The normalized spacial score (nSPS) is 17.9. The van der Waals surface area contributed by atoms with Crippen molar-refractivity contribution in [1.82, 2.24) is 0 Å². The fraction of sp³-hybridized carbons (Fsp3) is 0.250. The molecule has 0 aromatic heterocycles. The summed E-state index contributed by atoms with van der Waals surface area (Å²) in [5, 5.41) is 0. The van der Waals surface area contributed by atoms with Gasteiger partial charge in [-0.25, -0.2) is 12.8 Å². The Morgan fingerprint density at radius 3 is 2.44 bits per heavy atom. The minimum atomic E-state index is -4.00. The summed E-state index contributed by atoms with van der Waals surface area (Å²) in [7, 11) is -4.00. The minimum absolute atomic E-state index is 0.0493. The second-order valence-corrected chi connectivity index (χ2v) is 9.95. The summed E-state index contributed by atoms with van der Waals surface area (Å²) >= 11 is 0. The highest BCUT2D eigenvalue weighted by molar-refractivity contribution is 7.92. The molecule has 0 spiro atoms. The first-order valence-corrected chi connectivity index (χ1v) is 11.6. The molecule has 0 bridgehead atoms. The number of hydrogen-bond donors (Lipinski definition) is 1. The van der Waals surface area contributed by atoms with Gasteiger partial charge in [0, 0.05) is 11.3 Å². The Morgan fingerprint density at radius 1 is 1.06 bits per heavy atom.